The van der Waals surface area contributed by atoms with E-state index in [1.54, 1.807) is 31.1 Å². The second kappa shape index (κ2) is 8.36. The molecule has 30 heavy (non-hydrogen) atoms. The largest absolute Gasteiger partial charge is 0.494 e. The standard InChI is InChI=1S/C22H23N5O3/c1-23-20(28)19-18-8-9-26(22-24-10-17(30-2)11-25-22)13-16(18)14-27(21(19)29)12-15-6-4-3-5-7-15/h3-7,10-11,14H,8-9,12-13H2,1-2H3,(H,23,28). The zero-order chi connectivity index (χ0) is 21.1. The molecule has 1 amide bonds. The number of hydrogen-bond donors (Lipinski definition) is 1. The number of rotatable bonds is 5. The SMILES string of the molecule is CNC(=O)c1c2c(cn(Cc3ccccc3)c1=O)CN(c1ncc(OC)cn1)CC2. The van der Waals surface area contributed by atoms with Crippen molar-refractivity contribution in [3.63, 3.8) is 0 Å². The molecule has 1 N–H and O–H groups in total. The summed E-state index contributed by atoms with van der Waals surface area (Å²) in [5.74, 6) is 0.825. The van der Waals surface area contributed by atoms with Crippen LogP contribution in [0.4, 0.5) is 5.95 Å². The first-order chi connectivity index (χ1) is 14.6. The Labute approximate surface area is 174 Å². The summed E-state index contributed by atoms with van der Waals surface area (Å²) in [5.41, 5.74) is 2.67. The molecule has 3 heterocycles. The molecule has 0 bridgehead atoms. The molecule has 1 aliphatic heterocycles. The third-order valence-corrected chi connectivity index (χ3v) is 5.25. The van der Waals surface area contributed by atoms with Crippen molar-refractivity contribution in [2.24, 2.45) is 0 Å². The molecule has 0 radical (unpaired) electrons. The molecule has 0 saturated heterocycles. The predicted octanol–water partition coefficient (Wildman–Crippen LogP) is 1.62. The Kier molecular flexibility index (Phi) is 5.47. The van der Waals surface area contributed by atoms with Gasteiger partial charge in [0.25, 0.3) is 11.5 Å². The fourth-order valence-electron chi connectivity index (χ4n) is 3.72. The maximum Gasteiger partial charge on any atom is 0.264 e. The fourth-order valence-corrected chi connectivity index (χ4v) is 3.72. The Morgan fingerprint density at radius 2 is 1.93 bits per heavy atom. The van der Waals surface area contributed by atoms with Gasteiger partial charge in [0.2, 0.25) is 5.95 Å². The van der Waals surface area contributed by atoms with Gasteiger partial charge in [0.1, 0.15) is 5.56 Å². The van der Waals surface area contributed by atoms with E-state index in [1.807, 2.05) is 41.4 Å². The normalized spacial score (nSPS) is 12.9. The van der Waals surface area contributed by atoms with Crippen LogP contribution in [0.1, 0.15) is 27.0 Å². The highest BCUT2D eigenvalue weighted by molar-refractivity contribution is 5.95. The lowest BCUT2D eigenvalue weighted by molar-refractivity contribution is 0.0959. The van der Waals surface area contributed by atoms with E-state index < -0.39 is 0 Å². The summed E-state index contributed by atoms with van der Waals surface area (Å²) in [7, 11) is 3.12. The minimum absolute atomic E-state index is 0.223. The summed E-state index contributed by atoms with van der Waals surface area (Å²) in [6, 6.07) is 9.72. The van der Waals surface area contributed by atoms with Gasteiger partial charge in [-0.2, -0.15) is 0 Å². The quantitative estimate of drug-likeness (QED) is 0.694. The van der Waals surface area contributed by atoms with Crippen molar-refractivity contribution < 1.29 is 9.53 Å². The highest BCUT2D eigenvalue weighted by Crippen LogP contribution is 2.24. The van der Waals surface area contributed by atoms with Crippen molar-refractivity contribution in [3.8, 4) is 5.75 Å². The van der Waals surface area contributed by atoms with Crippen molar-refractivity contribution >= 4 is 11.9 Å². The Bertz CT molecular complexity index is 1110. The molecule has 154 valence electrons. The zero-order valence-electron chi connectivity index (χ0n) is 17.0. The Morgan fingerprint density at radius 1 is 1.20 bits per heavy atom. The van der Waals surface area contributed by atoms with Crippen molar-refractivity contribution in [1.82, 2.24) is 19.9 Å². The van der Waals surface area contributed by atoms with E-state index in [9.17, 15) is 9.59 Å². The van der Waals surface area contributed by atoms with Crippen LogP contribution in [0.15, 0.2) is 53.7 Å². The van der Waals surface area contributed by atoms with Gasteiger partial charge in [-0.1, -0.05) is 30.3 Å². The van der Waals surface area contributed by atoms with Gasteiger partial charge >= 0.3 is 0 Å². The number of carbonyl (C=O) groups excluding carboxylic acids is 1. The number of amides is 1. The molecule has 0 saturated carbocycles. The highest BCUT2D eigenvalue weighted by Gasteiger charge is 2.26. The second-order valence-corrected chi connectivity index (χ2v) is 7.10. The van der Waals surface area contributed by atoms with Crippen LogP contribution in [0.5, 0.6) is 5.75 Å². The third kappa shape index (κ3) is 3.76. The molecule has 0 unspecified atom stereocenters. The number of carbonyl (C=O) groups is 1. The molecule has 1 aliphatic rings. The summed E-state index contributed by atoms with van der Waals surface area (Å²) >= 11 is 0. The molecule has 2 aromatic heterocycles. The van der Waals surface area contributed by atoms with Crippen molar-refractivity contribution in [2.75, 3.05) is 25.6 Å². The number of fused-ring (bicyclic) bond motifs is 1. The topological polar surface area (TPSA) is 89.4 Å². The Balaban J connectivity index is 1.73. The van der Waals surface area contributed by atoms with Gasteiger partial charge in [-0.25, -0.2) is 9.97 Å². The van der Waals surface area contributed by atoms with E-state index in [4.69, 9.17) is 4.74 Å². The van der Waals surface area contributed by atoms with Crippen LogP contribution >= 0.6 is 0 Å². The van der Waals surface area contributed by atoms with Crippen LogP contribution in [-0.2, 0) is 19.5 Å². The molecule has 8 nitrogen and oxygen atoms in total. The molecule has 0 spiro atoms. The average molecular weight is 405 g/mol. The van der Waals surface area contributed by atoms with Crippen LogP contribution in [0.2, 0.25) is 0 Å². The number of ether oxygens (including phenoxy) is 1. The average Bonchev–Trinajstić information content (AvgIpc) is 2.79. The van der Waals surface area contributed by atoms with Crippen LogP contribution in [-0.4, -0.2) is 41.1 Å². The van der Waals surface area contributed by atoms with Gasteiger partial charge in [-0.15, -0.1) is 0 Å². The smallest absolute Gasteiger partial charge is 0.264 e. The summed E-state index contributed by atoms with van der Waals surface area (Å²) in [6.45, 7) is 1.53. The molecular weight excluding hydrogens is 382 g/mol. The summed E-state index contributed by atoms with van der Waals surface area (Å²) in [5, 5.41) is 2.61. The van der Waals surface area contributed by atoms with Crippen LogP contribution in [0.3, 0.4) is 0 Å². The van der Waals surface area contributed by atoms with Gasteiger partial charge in [0.05, 0.1) is 26.0 Å². The first-order valence-corrected chi connectivity index (χ1v) is 9.73. The number of methoxy groups -OCH3 is 1. The van der Waals surface area contributed by atoms with Gasteiger partial charge < -0.3 is 19.5 Å². The molecular formula is C22H23N5O3. The highest BCUT2D eigenvalue weighted by atomic mass is 16.5. The van der Waals surface area contributed by atoms with Crippen LogP contribution in [0.25, 0.3) is 0 Å². The lowest BCUT2D eigenvalue weighted by Gasteiger charge is -2.30. The van der Waals surface area contributed by atoms with E-state index in [1.165, 1.54) is 0 Å². The first-order valence-electron chi connectivity index (χ1n) is 9.73. The number of nitrogens with zero attached hydrogens (tertiary/aromatic N) is 4. The number of pyridine rings is 1. The zero-order valence-corrected chi connectivity index (χ0v) is 17.0. The lowest BCUT2D eigenvalue weighted by atomic mass is 9.96. The summed E-state index contributed by atoms with van der Waals surface area (Å²) in [4.78, 5) is 36.4. The summed E-state index contributed by atoms with van der Waals surface area (Å²) in [6.07, 6.45) is 5.68. The predicted molar refractivity (Wildman–Crippen MR) is 113 cm³/mol. The first kappa shape index (κ1) is 19.6. The fraction of sp³-hybridized carbons (Fsp3) is 0.273. The van der Waals surface area contributed by atoms with E-state index in [-0.39, 0.29) is 17.0 Å². The van der Waals surface area contributed by atoms with E-state index in [0.29, 0.717) is 37.8 Å². The second-order valence-electron chi connectivity index (χ2n) is 7.10. The van der Waals surface area contributed by atoms with Crippen LogP contribution < -0.4 is 20.5 Å². The molecule has 0 atom stereocenters. The lowest BCUT2D eigenvalue weighted by Crippen LogP contribution is -2.39. The number of hydrogen-bond acceptors (Lipinski definition) is 6. The van der Waals surface area contributed by atoms with Gasteiger partial charge in [-0.05, 0) is 23.1 Å². The monoisotopic (exact) mass is 405 g/mol. The number of aromatic nitrogens is 3. The molecule has 3 aromatic rings. The van der Waals surface area contributed by atoms with Crippen molar-refractivity contribution in [2.45, 2.75) is 19.5 Å². The van der Waals surface area contributed by atoms with Crippen molar-refractivity contribution in [1.29, 1.82) is 0 Å². The van der Waals surface area contributed by atoms with Crippen LogP contribution in [0, 0.1) is 0 Å². The Morgan fingerprint density at radius 3 is 2.60 bits per heavy atom. The summed E-state index contributed by atoms with van der Waals surface area (Å²) < 4.78 is 6.73. The van der Waals surface area contributed by atoms with E-state index in [0.717, 1.165) is 16.7 Å². The van der Waals surface area contributed by atoms with Crippen molar-refractivity contribution in [3.05, 3.63) is 81.5 Å². The number of nitrogens with one attached hydrogen (secondary N) is 1. The van der Waals surface area contributed by atoms with Gasteiger partial charge in [-0.3, -0.25) is 9.59 Å². The maximum absolute atomic E-state index is 13.1. The molecule has 0 fully saturated rings. The van der Waals surface area contributed by atoms with E-state index >= 15 is 0 Å². The third-order valence-electron chi connectivity index (χ3n) is 5.25. The number of anilines is 1. The Hall–Kier alpha value is -3.68. The van der Waals surface area contributed by atoms with Gasteiger partial charge in [0.15, 0.2) is 5.75 Å². The molecule has 4 rings (SSSR count). The minimum Gasteiger partial charge on any atom is -0.494 e. The molecule has 0 aliphatic carbocycles. The maximum atomic E-state index is 13.1. The van der Waals surface area contributed by atoms with Gasteiger partial charge in [0, 0.05) is 26.3 Å². The molecule has 1 aromatic carbocycles. The van der Waals surface area contributed by atoms with E-state index in [2.05, 4.69) is 15.3 Å². The number of benzene rings is 1. The minimum atomic E-state index is -0.354. The molecule has 8 heteroatoms.